The van der Waals surface area contributed by atoms with Gasteiger partial charge < -0.3 is 18.9 Å². The normalized spacial score (nSPS) is 11.1. The second kappa shape index (κ2) is 13.9. The lowest BCUT2D eigenvalue weighted by Gasteiger charge is -2.15. The number of carbonyl (C=O) groups is 3. The second-order valence-electron chi connectivity index (χ2n) is 6.92. The van der Waals surface area contributed by atoms with E-state index in [2.05, 4.69) is 11.8 Å². The standard InChI is InChI=1S/C26H27ClO7/c1-4-31-24(28)22(25(29)32-5-2)17-20-10-8-7-9-18(20)13-16-23(34-26(30)33-6-3)19-11-14-21(27)15-12-19/h7-12,14-15,22-23H,4-6,17H2,1-3H3. The number of carbonyl (C=O) groups excluding carboxylic acids is 3. The van der Waals surface area contributed by atoms with Crippen molar-refractivity contribution in [2.75, 3.05) is 19.8 Å². The Labute approximate surface area is 204 Å². The molecule has 0 radical (unpaired) electrons. The van der Waals surface area contributed by atoms with Crippen LogP contribution in [0, 0.1) is 17.8 Å². The molecule has 0 bridgehead atoms. The highest BCUT2D eigenvalue weighted by molar-refractivity contribution is 6.30. The number of rotatable bonds is 9. The molecule has 1 atom stereocenters. The first kappa shape index (κ1) is 26.7. The molecule has 0 fully saturated rings. The number of hydrogen-bond acceptors (Lipinski definition) is 7. The van der Waals surface area contributed by atoms with Crippen molar-refractivity contribution in [3.8, 4) is 11.8 Å². The summed E-state index contributed by atoms with van der Waals surface area (Å²) in [4.78, 5) is 36.7. The van der Waals surface area contributed by atoms with E-state index >= 15 is 0 Å². The molecule has 180 valence electrons. The van der Waals surface area contributed by atoms with Crippen LogP contribution in [-0.2, 0) is 35.0 Å². The van der Waals surface area contributed by atoms with E-state index in [1.165, 1.54) is 0 Å². The SMILES string of the molecule is CCOC(=O)OC(C#Cc1ccccc1CC(C(=O)OCC)C(=O)OCC)c1ccc(Cl)cc1. The third-order valence-corrected chi connectivity index (χ3v) is 4.82. The first-order valence-electron chi connectivity index (χ1n) is 10.9. The molecule has 0 aliphatic heterocycles. The Morgan fingerprint density at radius 2 is 1.44 bits per heavy atom. The molecule has 0 aromatic heterocycles. The Kier molecular flexibility index (Phi) is 10.9. The van der Waals surface area contributed by atoms with Gasteiger partial charge in [0.05, 0.1) is 19.8 Å². The van der Waals surface area contributed by atoms with Gasteiger partial charge in [-0.3, -0.25) is 9.59 Å². The maximum absolute atomic E-state index is 12.4. The molecule has 2 aromatic carbocycles. The first-order valence-corrected chi connectivity index (χ1v) is 11.3. The van der Waals surface area contributed by atoms with Crippen molar-refractivity contribution in [1.29, 1.82) is 0 Å². The molecule has 0 aliphatic rings. The van der Waals surface area contributed by atoms with Crippen molar-refractivity contribution < 1.29 is 33.3 Å². The van der Waals surface area contributed by atoms with E-state index in [1.54, 1.807) is 69.3 Å². The van der Waals surface area contributed by atoms with Gasteiger partial charge in [0.15, 0.2) is 12.0 Å². The van der Waals surface area contributed by atoms with Crippen LogP contribution in [0.25, 0.3) is 0 Å². The first-order chi connectivity index (χ1) is 16.4. The summed E-state index contributed by atoms with van der Waals surface area (Å²) in [6.45, 7) is 5.45. The van der Waals surface area contributed by atoms with E-state index < -0.39 is 30.1 Å². The maximum Gasteiger partial charge on any atom is 0.509 e. The lowest BCUT2D eigenvalue weighted by molar-refractivity contribution is -0.161. The number of benzene rings is 2. The molecule has 7 nitrogen and oxygen atoms in total. The minimum atomic E-state index is -1.12. The van der Waals surface area contributed by atoms with Crippen LogP contribution < -0.4 is 0 Å². The Balaban J connectivity index is 2.37. The van der Waals surface area contributed by atoms with Gasteiger partial charge in [0.1, 0.15) is 0 Å². The Morgan fingerprint density at radius 1 is 0.853 bits per heavy atom. The summed E-state index contributed by atoms with van der Waals surface area (Å²) in [6.07, 6.45) is -1.72. The Bertz CT molecular complexity index is 1020. The summed E-state index contributed by atoms with van der Waals surface area (Å²) in [6, 6.07) is 13.8. The van der Waals surface area contributed by atoms with Gasteiger partial charge in [0.2, 0.25) is 0 Å². The zero-order valence-corrected chi connectivity index (χ0v) is 20.1. The molecule has 0 saturated heterocycles. The molecule has 0 amide bonds. The largest absolute Gasteiger partial charge is 0.509 e. The summed E-state index contributed by atoms with van der Waals surface area (Å²) < 4.78 is 20.4. The maximum atomic E-state index is 12.4. The van der Waals surface area contributed by atoms with E-state index in [0.29, 0.717) is 21.7 Å². The number of halogens is 1. The molecule has 0 spiro atoms. The van der Waals surface area contributed by atoms with Crippen molar-refractivity contribution in [1.82, 2.24) is 0 Å². The van der Waals surface area contributed by atoms with Gasteiger partial charge in [-0.2, -0.15) is 0 Å². The lowest BCUT2D eigenvalue weighted by Crippen LogP contribution is -2.30. The van der Waals surface area contributed by atoms with Crippen LogP contribution in [0.4, 0.5) is 4.79 Å². The molecule has 0 saturated carbocycles. The predicted octanol–water partition coefficient (Wildman–Crippen LogP) is 4.89. The third kappa shape index (κ3) is 8.13. The van der Waals surface area contributed by atoms with Crippen molar-refractivity contribution in [2.45, 2.75) is 33.3 Å². The molecule has 0 aliphatic carbocycles. The van der Waals surface area contributed by atoms with Crippen LogP contribution in [0.1, 0.15) is 43.6 Å². The Hall–Kier alpha value is -3.50. The molecule has 8 heteroatoms. The van der Waals surface area contributed by atoms with Crippen molar-refractivity contribution in [3.63, 3.8) is 0 Å². The van der Waals surface area contributed by atoms with Crippen LogP contribution in [0.3, 0.4) is 0 Å². The monoisotopic (exact) mass is 486 g/mol. The minimum Gasteiger partial charge on any atom is -0.465 e. The molecular weight excluding hydrogens is 460 g/mol. The number of ether oxygens (including phenoxy) is 4. The van der Waals surface area contributed by atoms with E-state index in [-0.39, 0.29) is 26.2 Å². The molecule has 2 aromatic rings. The van der Waals surface area contributed by atoms with Gasteiger partial charge in [0, 0.05) is 16.1 Å². The smallest absolute Gasteiger partial charge is 0.465 e. The summed E-state index contributed by atoms with van der Waals surface area (Å²) in [7, 11) is 0. The number of hydrogen-bond donors (Lipinski definition) is 0. The fourth-order valence-corrected chi connectivity index (χ4v) is 3.12. The van der Waals surface area contributed by atoms with Crippen molar-refractivity contribution in [3.05, 3.63) is 70.2 Å². The van der Waals surface area contributed by atoms with Gasteiger partial charge in [-0.1, -0.05) is 47.9 Å². The van der Waals surface area contributed by atoms with Gasteiger partial charge >= 0.3 is 18.1 Å². The second-order valence-corrected chi connectivity index (χ2v) is 7.36. The highest BCUT2D eigenvalue weighted by Crippen LogP contribution is 2.21. The third-order valence-electron chi connectivity index (χ3n) is 4.57. The van der Waals surface area contributed by atoms with Crippen molar-refractivity contribution >= 4 is 29.7 Å². The van der Waals surface area contributed by atoms with E-state index in [9.17, 15) is 14.4 Å². The van der Waals surface area contributed by atoms with Crippen LogP contribution in [0.2, 0.25) is 5.02 Å². The van der Waals surface area contributed by atoms with Crippen LogP contribution in [0.5, 0.6) is 0 Å². The summed E-state index contributed by atoms with van der Waals surface area (Å²) >= 11 is 5.97. The quantitative estimate of drug-likeness (QED) is 0.216. The van der Waals surface area contributed by atoms with Crippen LogP contribution in [0.15, 0.2) is 48.5 Å². The molecule has 34 heavy (non-hydrogen) atoms. The molecular formula is C26H27ClO7. The van der Waals surface area contributed by atoms with Crippen LogP contribution in [-0.4, -0.2) is 37.9 Å². The fourth-order valence-electron chi connectivity index (χ4n) is 3.00. The van der Waals surface area contributed by atoms with Gasteiger partial charge in [-0.05, 0) is 56.9 Å². The Morgan fingerprint density at radius 3 is 2.03 bits per heavy atom. The summed E-state index contributed by atoms with van der Waals surface area (Å²) in [5.74, 6) is 3.50. The van der Waals surface area contributed by atoms with E-state index in [0.717, 1.165) is 0 Å². The van der Waals surface area contributed by atoms with E-state index in [4.69, 9.17) is 30.5 Å². The topological polar surface area (TPSA) is 88.1 Å². The summed E-state index contributed by atoms with van der Waals surface area (Å²) in [5, 5.41) is 0.529. The van der Waals surface area contributed by atoms with E-state index in [1.807, 2.05) is 0 Å². The molecule has 2 rings (SSSR count). The van der Waals surface area contributed by atoms with Crippen LogP contribution >= 0.6 is 11.6 Å². The summed E-state index contributed by atoms with van der Waals surface area (Å²) in [5.41, 5.74) is 1.82. The predicted molar refractivity (Wildman–Crippen MR) is 126 cm³/mol. The zero-order chi connectivity index (χ0) is 24.9. The molecule has 0 N–H and O–H groups in total. The highest BCUT2D eigenvalue weighted by Gasteiger charge is 2.30. The highest BCUT2D eigenvalue weighted by atomic mass is 35.5. The van der Waals surface area contributed by atoms with Crippen molar-refractivity contribution in [2.24, 2.45) is 5.92 Å². The van der Waals surface area contributed by atoms with Gasteiger partial charge in [-0.15, -0.1) is 0 Å². The van der Waals surface area contributed by atoms with Gasteiger partial charge in [0.25, 0.3) is 0 Å². The minimum absolute atomic E-state index is 0.0485. The van der Waals surface area contributed by atoms with Gasteiger partial charge in [-0.25, -0.2) is 4.79 Å². The lowest BCUT2D eigenvalue weighted by atomic mass is 9.95. The molecule has 1 unspecified atom stereocenters. The number of esters is 2. The average molecular weight is 487 g/mol. The zero-order valence-electron chi connectivity index (χ0n) is 19.3. The average Bonchev–Trinajstić information content (AvgIpc) is 2.81. The molecule has 0 heterocycles. The fraction of sp³-hybridized carbons (Fsp3) is 0.346.